The molecule has 0 radical (unpaired) electrons. The molecule has 0 spiro atoms. The molecule has 2 aliphatic rings. The highest BCUT2D eigenvalue weighted by Crippen LogP contribution is 2.21. The highest BCUT2D eigenvalue weighted by molar-refractivity contribution is 7.99. The first kappa shape index (κ1) is 17.8. The number of nitrogens with zero attached hydrogens (tertiary/aromatic N) is 3. The molecule has 0 bridgehead atoms. The van der Waals surface area contributed by atoms with Crippen LogP contribution in [0.15, 0.2) is 4.52 Å². The average molecular weight is 353 g/mol. The maximum Gasteiger partial charge on any atom is 0.227 e. The summed E-state index contributed by atoms with van der Waals surface area (Å²) >= 11 is 1.97. The molecule has 0 N–H and O–H groups in total. The summed E-state index contributed by atoms with van der Waals surface area (Å²) in [5.74, 6) is 3.11. The molecule has 3 heterocycles. The predicted molar refractivity (Wildman–Crippen MR) is 94.4 cm³/mol. The van der Waals surface area contributed by atoms with Gasteiger partial charge in [-0.05, 0) is 26.0 Å². The Labute approximate surface area is 147 Å². The topological polar surface area (TPSA) is 58.8 Å². The third kappa shape index (κ3) is 4.32. The van der Waals surface area contributed by atoms with E-state index >= 15 is 0 Å². The number of hydrogen-bond acceptors (Lipinski definition) is 6. The molecular weight excluding hydrogens is 326 g/mol. The number of carbonyl (C=O) groups is 1. The van der Waals surface area contributed by atoms with E-state index in [4.69, 9.17) is 9.26 Å². The number of rotatable bonds is 4. The molecule has 2 aliphatic heterocycles. The molecule has 0 aromatic carbocycles. The zero-order chi connectivity index (χ0) is 16.9. The fourth-order valence-electron chi connectivity index (χ4n) is 3.40. The van der Waals surface area contributed by atoms with Gasteiger partial charge in [-0.2, -0.15) is 11.8 Å². The molecule has 1 aromatic rings. The van der Waals surface area contributed by atoms with E-state index < -0.39 is 0 Å². The van der Waals surface area contributed by atoms with Crippen LogP contribution in [0.4, 0.5) is 0 Å². The lowest BCUT2D eigenvalue weighted by atomic mass is 10.1. The zero-order valence-electron chi connectivity index (χ0n) is 14.6. The molecule has 2 saturated heterocycles. The van der Waals surface area contributed by atoms with E-state index in [1.165, 1.54) is 0 Å². The van der Waals surface area contributed by atoms with Crippen molar-refractivity contribution in [1.29, 1.82) is 0 Å². The molecule has 0 aliphatic carbocycles. The van der Waals surface area contributed by atoms with Gasteiger partial charge in [-0.1, -0.05) is 5.16 Å². The van der Waals surface area contributed by atoms with Gasteiger partial charge in [0, 0.05) is 37.5 Å². The molecule has 24 heavy (non-hydrogen) atoms. The van der Waals surface area contributed by atoms with Crippen molar-refractivity contribution in [1.82, 2.24) is 15.0 Å². The van der Waals surface area contributed by atoms with Crippen LogP contribution in [-0.2, 0) is 16.0 Å². The van der Waals surface area contributed by atoms with Crippen LogP contribution in [0, 0.1) is 13.8 Å². The minimum atomic E-state index is 0.199. The van der Waals surface area contributed by atoms with Gasteiger partial charge in [0.2, 0.25) is 5.91 Å². The van der Waals surface area contributed by atoms with Gasteiger partial charge < -0.3 is 14.2 Å². The summed E-state index contributed by atoms with van der Waals surface area (Å²) in [6.07, 6.45) is 1.46. The van der Waals surface area contributed by atoms with Crippen LogP contribution in [0.1, 0.15) is 23.4 Å². The van der Waals surface area contributed by atoms with Crippen LogP contribution in [0.3, 0.4) is 0 Å². The summed E-state index contributed by atoms with van der Waals surface area (Å²) in [7, 11) is 0. The first-order chi connectivity index (χ1) is 11.6. The monoisotopic (exact) mass is 353 g/mol. The Bertz CT molecular complexity index is 538. The second-order valence-corrected chi connectivity index (χ2v) is 7.71. The molecule has 1 aromatic heterocycles. The molecule has 0 saturated carbocycles. The molecule has 6 nitrogen and oxygen atoms in total. The van der Waals surface area contributed by atoms with Crippen molar-refractivity contribution in [3.8, 4) is 0 Å². The highest BCUT2D eigenvalue weighted by atomic mass is 32.2. The quantitative estimate of drug-likeness (QED) is 0.818. The predicted octanol–water partition coefficient (Wildman–Crippen LogP) is 1.50. The fraction of sp³-hybridized carbons (Fsp3) is 0.765. The normalized spacial score (nSPS) is 23.2. The number of morpholine rings is 1. The summed E-state index contributed by atoms with van der Waals surface area (Å²) in [6.45, 7) is 9.11. The highest BCUT2D eigenvalue weighted by Gasteiger charge is 2.29. The van der Waals surface area contributed by atoms with E-state index in [-0.39, 0.29) is 11.9 Å². The van der Waals surface area contributed by atoms with Crippen LogP contribution in [0.5, 0.6) is 0 Å². The van der Waals surface area contributed by atoms with E-state index in [0.717, 1.165) is 74.3 Å². The van der Waals surface area contributed by atoms with Crippen LogP contribution in [0.2, 0.25) is 0 Å². The Hall–Kier alpha value is -1.05. The second-order valence-electron chi connectivity index (χ2n) is 6.56. The van der Waals surface area contributed by atoms with Gasteiger partial charge in [0.05, 0.1) is 31.4 Å². The lowest BCUT2D eigenvalue weighted by Gasteiger charge is -2.35. The molecular formula is C17H27N3O3S. The van der Waals surface area contributed by atoms with E-state index in [1.54, 1.807) is 0 Å². The molecule has 3 rings (SSSR count). The maximum absolute atomic E-state index is 13.0. The van der Waals surface area contributed by atoms with Crippen LogP contribution in [-0.4, -0.2) is 77.8 Å². The minimum Gasteiger partial charge on any atom is -0.379 e. The zero-order valence-corrected chi connectivity index (χ0v) is 15.4. The minimum absolute atomic E-state index is 0.199. The van der Waals surface area contributed by atoms with Gasteiger partial charge in [0.15, 0.2) is 0 Å². The fourth-order valence-corrected chi connectivity index (χ4v) is 4.45. The standard InChI is InChI=1S/C17H27N3O3S/c1-13-16(14(2)23-18-13)10-17(21)20-4-3-9-24-12-15(20)11-19-5-7-22-8-6-19/h15H,3-12H2,1-2H3. The first-order valence-electron chi connectivity index (χ1n) is 8.74. The molecule has 1 atom stereocenters. The van der Waals surface area contributed by atoms with Crippen molar-refractivity contribution in [3.05, 3.63) is 17.0 Å². The molecule has 7 heteroatoms. The lowest BCUT2D eigenvalue weighted by Crippen LogP contribution is -2.50. The number of carbonyl (C=O) groups excluding carboxylic acids is 1. The van der Waals surface area contributed by atoms with Crippen molar-refractivity contribution >= 4 is 17.7 Å². The third-order valence-corrected chi connectivity index (χ3v) is 6.04. The molecule has 1 unspecified atom stereocenters. The van der Waals surface area contributed by atoms with Crippen molar-refractivity contribution in [2.45, 2.75) is 32.7 Å². The Morgan fingerprint density at radius 3 is 2.79 bits per heavy atom. The van der Waals surface area contributed by atoms with Crippen molar-refractivity contribution in [2.75, 3.05) is 50.9 Å². The van der Waals surface area contributed by atoms with Gasteiger partial charge in [0.1, 0.15) is 5.76 Å². The summed E-state index contributed by atoms with van der Waals surface area (Å²) in [4.78, 5) is 17.5. The summed E-state index contributed by atoms with van der Waals surface area (Å²) in [5.41, 5.74) is 1.77. The van der Waals surface area contributed by atoms with Gasteiger partial charge in [-0.25, -0.2) is 0 Å². The first-order valence-corrected chi connectivity index (χ1v) is 9.89. The SMILES string of the molecule is Cc1noc(C)c1CC(=O)N1CCCSCC1CN1CCOCC1. The van der Waals surface area contributed by atoms with Crippen LogP contribution < -0.4 is 0 Å². The van der Waals surface area contributed by atoms with Gasteiger partial charge in [-0.3, -0.25) is 9.69 Å². The number of ether oxygens (including phenoxy) is 1. The molecule has 1 amide bonds. The largest absolute Gasteiger partial charge is 0.379 e. The Balaban J connectivity index is 1.67. The van der Waals surface area contributed by atoms with Crippen molar-refractivity contribution in [2.24, 2.45) is 0 Å². The second kappa shape index (κ2) is 8.36. The number of aromatic nitrogens is 1. The van der Waals surface area contributed by atoms with Gasteiger partial charge >= 0.3 is 0 Å². The van der Waals surface area contributed by atoms with E-state index in [9.17, 15) is 4.79 Å². The third-order valence-electron chi connectivity index (χ3n) is 4.84. The summed E-state index contributed by atoms with van der Waals surface area (Å²) in [5, 5.41) is 3.97. The summed E-state index contributed by atoms with van der Waals surface area (Å²) < 4.78 is 10.6. The smallest absolute Gasteiger partial charge is 0.227 e. The van der Waals surface area contributed by atoms with E-state index in [0.29, 0.717) is 6.42 Å². The molecule has 2 fully saturated rings. The summed E-state index contributed by atoms with van der Waals surface area (Å²) in [6, 6.07) is 0.281. The van der Waals surface area contributed by atoms with Crippen molar-refractivity contribution < 1.29 is 14.1 Å². The average Bonchev–Trinajstić information content (AvgIpc) is 2.79. The van der Waals surface area contributed by atoms with E-state index in [2.05, 4.69) is 15.0 Å². The molecule has 134 valence electrons. The Morgan fingerprint density at radius 1 is 1.29 bits per heavy atom. The number of amides is 1. The van der Waals surface area contributed by atoms with E-state index in [1.807, 2.05) is 25.6 Å². The van der Waals surface area contributed by atoms with Gasteiger partial charge in [-0.15, -0.1) is 0 Å². The number of aryl methyl sites for hydroxylation is 2. The number of thioether (sulfide) groups is 1. The van der Waals surface area contributed by atoms with Crippen LogP contribution >= 0.6 is 11.8 Å². The number of hydrogen-bond donors (Lipinski definition) is 0. The maximum atomic E-state index is 13.0. The van der Waals surface area contributed by atoms with Crippen molar-refractivity contribution in [3.63, 3.8) is 0 Å². The Morgan fingerprint density at radius 2 is 2.08 bits per heavy atom. The Kier molecular flexibility index (Phi) is 6.19. The van der Waals surface area contributed by atoms with Gasteiger partial charge in [0.25, 0.3) is 0 Å². The van der Waals surface area contributed by atoms with Crippen LogP contribution in [0.25, 0.3) is 0 Å². The lowest BCUT2D eigenvalue weighted by molar-refractivity contribution is -0.133.